The van der Waals surface area contributed by atoms with Crippen LogP contribution in [-0.4, -0.2) is 43.4 Å². The van der Waals surface area contributed by atoms with Crippen LogP contribution in [0.15, 0.2) is 18.2 Å². The number of benzene rings is 1. The summed E-state index contributed by atoms with van der Waals surface area (Å²) in [6.45, 7) is 3.21. The summed E-state index contributed by atoms with van der Waals surface area (Å²) < 4.78 is 0. The fourth-order valence-corrected chi connectivity index (χ4v) is 4.51. The standard InChI is InChI=1S/C20H26N6/c1-2-6-14(7-3-1)19-16-12-15(8-9-17(16)22-24-19)20-21-18(23-25-20)13-26-10-4-5-11-26/h8-9,12,14H,1-7,10-11,13H2,(H,22,24)(H,21,23,25). The Bertz CT molecular complexity index is 883. The molecule has 1 saturated heterocycles. The van der Waals surface area contributed by atoms with E-state index in [2.05, 4.69) is 43.5 Å². The molecule has 0 bridgehead atoms. The number of nitrogens with zero attached hydrogens (tertiary/aromatic N) is 4. The molecule has 0 amide bonds. The average molecular weight is 350 g/mol. The summed E-state index contributed by atoms with van der Waals surface area (Å²) in [5.74, 6) is 2.34. The Morgan fingerprint density at radius 2 is 1.81 bits per heavy atom. The molecule has 6 heteroatoms. The summed E-state index contributed by atoms with van der Waals surface area (Å²) in [7, 11) is 0. The molecule has 3 aromatic rings. The highest BCUT2D eigenvalue weighted by molar-refractivity contribution is 5.86. The lowest BCUT2D eigenvalue weighted by atomic mass is 9.85. The SMILES string of the molecule is c1cc2[nH]nc(C3CCCCC3)c2cc1-c1n[nH]c(CN2CCCC2)n1. The van der Waals surface area contributed by atoms with Gasteiger partial charge in [-0.2, -0.15) is 10.2 Å². The maximum absolute atomic E-state index is 4.74. The molecule has 0 spiro atoms. The zero-order valence-electron chi connectivity index (χ0n) is 15.2. The molecule has 1 aromatic carbocycles. The van der Waals surface area contributed by atoms with Crippen molar-refractivity contribution in [1.29, 1.82) is 0 Å². The molecule has 3 heterocycles. The second-order valence-corrected chi connectivity index (χ2v) is 7.79. The number of nitrogens with one attached hydrogen (secondary N) is 2. The van der Waals surface area contributed by atoms with E-state index in [1.54, 1.807) is 0 Å². The van der Waals surface area contributed by atoms with Gasteiger partial charge in [0.25, 0.3) is 0 Å². The molecule has 0 atom stereocenters. The Morgan fingerprint density at radius 1 is 0.962 bits per heavy atom. The van der Waals surface area contributed by atoms with Crippen molar-refractivity contribution in [2.45, 2.75) is 57.4 Å². The van der Waals surface area contributed by atoms with Gasteiger partial charge in [-0.15, -0.1) is 0 Å². The largest absolute Gasteiger partial charge is 0.296 e. The molecule has 2 aliphatic rings. The zero-order chi connectivity index (χ0) is 17.3. The van der Waals surface area contributed by atoms with E-state index >= 15 is 0 Å². The van der Waals surface area contributed by atoms with Gasteiger partial charge >= 0.3 is 0 Å². The minimum atomic E-state index is 0.589. The highest BCUT2D eigenvalue weighted by Gasteiger charge is 2.21. The van der Waals surface area contributed by atoms with Crippen molar-refractivity contribution in [3.63, 3.8) is 0 Å². The van der Waals surface area contributed by atoms with Crippen LogP contribution in [0.2, 0.25) is 0 Å². The van der Waals surface area contributed by atoms with E-state index in [9.17, 15) is 0 Å². The van der Waals surface area contributed by atoms with Gasteiger partial charge in [0.05, 0.1) is 17.8 Å². The summed E-state index contributed by atoms with van der Waals surface area (Å²) >= 11 is 0. The number of H-pyrrole nitrogens is 2. The van der Waals surface area contributed by atoms with Crippen LogP contribution in [0.1, 0.15) is 62.4 Å². The second-order valence-electron chi connectivity index (χ2n) is 7.79. The van der Waals surface area contributed by atoms with Crippen molar-refractivity contribution < 1.29 is 0 Å². The molecule has 6 nitrogen and oxygen atoms in total. The number of aromatic amines is 2. The molecule has 5 rings (SSSR count). The van der Waals surface area contributed by atoms with Crippen molar-refractivity contribution in [2.24, 2.45) is 0 Å². The fourth-order valence-electron chi connectivity index (χ4n) is 4.51. The average Bonchev–Trinajstić information content (AvgIpc) is 3.43. The van der Waals surface area contributed by atoms with E-state index in [1.807, 2.05) is 0 Å². The smallest absolute Gasteiger partial charge is 0.181 e. The third-order valence-electron chi connectivity index (χ3n) is 5.95. The highest BCUT2D eigenvalue weighted by atomic mass is 15.3. The Hall–Kier alpha value is -2.21. The van der Waals surface area contributed by atoms with E-state index in [4.69, 9.17) is 4.98 Å². The molecule has 2 N–H and O–H groups in total. The predicted octanol–water partition coefficient (Wildman–Crippen LogP) is 3.99. The van der Waals surface area contributed by atoms with Crippen molar-refractivity contribution in [1.82, 2.24) is 30.3 Å². The molecule has 26 heavy (non-hydrogen) atoms. The van der Waals surface area contributed by atoms with Gasteiger partial charge in [-0.1, -0.05) is 19.3 Å². The van der Waals surface area contributed by atoms with Crippen LogP contribution in [0.5, 0.6) is 0 Å². The van der Waals surface area contributed by atoms with Crippen LogP contribution >= 0.6 is 0 Å². The monoisotopic (exact) mass is 350 g/mol. The number of aromatic nitrogens is 5. The molecule has 136 valence electrons. The van der Waals surface area contributed by atoms with E-state index < -0.39 is 0 Å². The van der Waals surface area contributed by atoms with Gasteiger partial charge < -0.3 is 0 Å². The molecule has 2 fully saturated rings. The molecule has 1 saturated carbocycles. The Balaban J connectivity index is 1.42. The third kappa shape index (κ3) is 3.03. The minimum Gasteiger partial charge on any atom is -0.296 e. The fraction of sp³-hybridized carbons (Fsp3) is 0.550. The molecule has 0 unspecified atom stereocenters. The van der Waals surface area contributed by atoms with Crippen LogP contribution in [-0.2, 0) is 6.54 Å². The molecular formula is C20H26N6. The second kappa shape index (κ2) is 6.83. The minimum absolute atomic E-state index is 0.589. The first-order valence-electron chi connectivity index (χ1n) is 9.99. The zero-order valence-corrected chi connectivity index (χ0v) is 15.2. The Morgan fingerprint density at radius 3 is 2.65 bits per heavy atom. The lowest BCUT2D eigenvalue weighted by molar-refractivity contribution is 0.323. The van der Waals surface area contributed by atoms with Crippen molar-refractivity contribution in [2.75, 3.05) is 13.1 Å². The van der Waals surface area contributed by atoms with Gasteiger partial charge in [-0.3, -0.25) is 15.1 Å². The third-order valence-corrected chi connectivity index (χ3v) is 5.95. The highest BCUT2D eigenvalue weighted by Crippen LogP contribution is 2.36. The predicted molar refractivity (Wildman–Crippen MR) is 102 cm³/mol. The van der Waals surface area contributed by atoms with Gasteiger partial charge in [0, 0.05) is 16.9 Å². The number of hydrogen-bond donors (Lipinski definition) is 2. The summed E-state index contributed by atoms with van der Waals surface area (Å²) in [5, 5.41) is 16.7. The lowest BCUT2D eigenvalue weighted by Gasteiger charge is -2.19. The molecule has 0 radical (unpaired) electrons. The summed E-state index contributed by atoms with van der Waals surface area (Å²) in [5.41, 5.74) is 3.41. The molecule has 1 aliphatic carbocycles. The van der Waals surface area contributed by atoms with Crippen LogP contribution in [0.3, 0.4) is 0 Å². The quantitative estimate of drug-likeness (QED) is 0.746. The van der Waals surface area contributed by atoms with E-state index in [0.29, 0.717) is 5.92 Å². The number of fused-ring (bicyclic) bond motifs is 1. The van der Waals surface area contributed by atoms with Crippen molar-refractivity contribution >= 4 is 10.9 Å². The van der Waals surface area contributed by atoms with Gasteiger partial charge in [0.15, 0.2) is 5.82 Å². The first-order valence-corrected chi connectivity index (χ1v) is 9.99. The Kier molecular flexibility index (Phi) is 4.21. The van der Waals surface area contributed by atoms with E-state index in [1.165, 1.54) is 69.1 Å². The number of hydrogen-bond acceptors (Lipinski definition) is 4. The van der Waals surface area contributed by atoms with Gasteiger partial charge in [-0.05, 0) is 57.0 Å². The van der Waals surface area contributed by atoms with Crippen LogP contribution < -0.4 is 0 Å². The maximum atomic E-state index is 4.74. The normalized spacial score (nSPS) is 19.5. The lowest BCUT2D eigenvalue weighted by Crippen LogP contribution is -2.19. The van der Waals surface area contributed by atoms with Gasteiger partial charge in [0.2, 0.25) is 0 Å². The summed E-state index contributed by atoms with van der Waals surface area (Å²) in [4.78, 5) is 7.17. The first kappa shape index (κ1) is 16.0. The summed E-state index contributed by atoms with van der Waals surface area (Å²) in [6.07, 6.45) is 9.10. The summed E-state index contributed by atoms with van der Waals surface area (Å²) in [6, 6.07) is 6.42. The number of rotatable bonds is 4. The topological polar surface area (TPSA) is 73.5 Å². The molecule has 1 aliphatic heterocycles. The molecular weight excluding hydrogens is 324 g/mol. The van der Waals surface area contributed by atoms with Crippen LogP contribution in [0, 0.1) is 0 Å². The van der Waals surface area contributed by atoms with Gasteiger partial charge in [-0.25, -0.2) is 4.98 Å². The van der Waals surface area contributed by atoms with Crippen LogP contribution in [0.4, 0.5) is 0 Å². The Labute approximate surface area is 153 Å². The number of likely N-dealkylation sites (tertiary alicyclic amines) is 1. The molecule has 2 aromatic heterocycles. The van der Waals surface area contributed by atoms with Crippen LogP contribution in [0.25, 0.3) is 22.3 Å². The van der Waals surface area contributed by atoms with Gasteiger partial charge in [0.1, 0.15) is 5.82 Å². The van der Waals surface area contributed by atoms with E-state index in [0.717, 1.165) is 29.3 Å². The van der Waals surface area contributed by atoms with E-state index in [-0.39, 0.29) is 0 Å². The van der Waals surface area contributed by atoms with Crippen molar-refractivity contribution in [3.8, 4) is 11.4 Å². The van der Waals surface area contributed by atoms with Crippen molar-refractivity contribution in [3.05, 3.63) is 29.7 Å². The maximum Gasteiger partial charge on any atom is 0.181 e. The first-order chi connectivity index (χ1) is 12.9.